The van der Waals surface area contributed by atoms with Gasteiger partial charge in [-0.15, -0.1) is 0 Å². The van der Waals surface area contributed by atoms with Crippen LogP contribution >= 0.6 is 0 Å². The third-order valence-corrected chi connectivity index (χ3v) is 22.1. The zero-order chi connectivity index (χ0) is 90.4. The molecule has 18 heteroatoms. The Morgan fingerprint density at radius 2 is 0.331 bits per heavy atom. The smallest absolute Gasteiger partial charge is 0.335 e. The summed E-state index contributed by atoms with van der Waals surface area (Å²) in [6.45, 7) is 2.83. The maximum Gasteiger partial charge on any atom is 0.335 e. The van der Waals surface area contributed by atoms with E-state index in [0.717, 1.165) is 66.8 Å². The Hall–Kier alpha value is -16.1. The zero-order valence-corrected chi connectivity index (χ0v) is 73.7. The molecular formula is C115H100O18. The highest BCUT2D eigenvalue weighted by Crippen LogP contribution is 2.45. The minimum Gasteiger partial charge on any atom is -0.489 e. The van der Waals surface area contributed by atoms with Gasteiger partial charge in [0.15, 0.2) is 0 Å². The lowest BCUT2D eigenvalue weighted by Gasteiger charge is -2.17. The molecule has 0 amide bonds. The predicted molar refractivity (Wildman–Crippen MR) is 507 cm³/mol. The van der Waals surface area contributed by atoms with Crippen LogP contribution < -0.4 is 66.3 Å². The van der Waals surface area contributed by atoms with Crippen molar-refractivity contribution in [2.45, 2.75) is 106 Å². The van der Waals surface area contributed by atoms with Crippen molar-refractivity contribution in [2.75, 3.05) is 7.11 Å². The predicted octanol–water partition coefficient (Wildman–Crippen LogP) is 24.5. The molecule has 2 unspecified atom stereocenters. The van der Waals surface area contributed by atoms with Crippen molar-refractivity contribution < 1.29 is 85.4 Å². The number of hydrogen-bond acceptors (Lipinski definition) is 18. The van der Waals surface area contributed by atoms with E-state index in [9.17, 15) is 9.59 Å². The number of carbonyl (C=O) groups excluding carboxylic acids is 2. The third-order valence-electron chi connectivity index (χ3n) is 22.1. The summed E-state index contributed by atoms with van der Waals surface area (Å²) in [4.78, 5) is 27.8. The van der Waals surface area contributed by atoms with Crippen LogP contribution in [0.4, 0.5) is 0 Å². The molecule has 0 heterocycles. The molecule has 2 aliphatic carbocycles. The summed E-state index contributed by atoms with van der Waals surface area (Å²) in [6, 6.07) is 120. The second kappa shape index (κ2) is 45.3. The van der Waals surface area contributed by atoms with Crippen LogP contribution in [0, 0.1) is 11.8 Å². The average Bonchev–Trinajstić information content (AvgIpc) is 1.61. The Labute approximate surface area is 774 Å². The topological polar surface area (TPSA) is 182 Å². The maximum atomic E-state index is 14.4. The number of hydrogen-bond donors (Lipinski definition) is 0. The SMILES string of the molecule is COC(=O)C1=C(C(=O)OCc2cc(OCc3cc(OCc4cc(OCc5ccccc5)cc(OCc5ccccc5)c4)cc(OCc4cc(OCc5ccccc5)cc(OCc5ccccc5)c4)c3)cc(OCc3cc(OCc4cc(OCc5ccccc5)cc(OCc5ccccc5)c4)cc(OCc4cc(OCc5ccccc5)cc(OCc5ccccc5)c4)c3)c2)C2C=CC1C2. The molecule has 0 N–H and O–H groups in total. The normalized spacial score (nSPS) is 12.8. The Kier molecular flexibility index (Phi) is 30.3. The van der Waals surface area contributed by atoms with E-state index in [1.165, 1.54) is 7.11 Å². The maximum absolute atomic E-state index is 14.4. The lowest BCUT2D eigenvalue weighted by atomic mass is 9.97. The van der Waals surface area contributed by atoms with Crippen LogP contribution in [0.5, 0.6) is 80.5 Å². The van der Waals surface area contributed by atoms with Gasteiger partial charge < -0.3 is 75.8 Å². The van der Waals surface area contributed by atoms with E-state index in [1.54, 1.807) is 18.2 Å². The summed E-state index contributed by atoms with van der Waals surface area (Å²) in [5.74, 6) is 5.69. The minimum absolute atomic E-state index is 0.0208. The zero-order valence-electron chi connectivity index (χ0n) is 73.7. The third kappa shape index (κ3) is 26.6. The standard InChI is InChI=1S/C115H100O18/c1-118-114(116)112-96-42-43-97(58-96)113(112)115(117)133-80-95-56-110(131-78-93-52-106(127-74-89-44-98(119-66-81-26-10-2-11-27-81)59-99(45-89)120-67-82-28-12-3-13-29-82)63-107(53-93)128-75-90-46-100(121-68-83-30-14-4-15-31-83)60-101(47-90)122-69-84-32-16-5-17-33-84)65-111(57-95)132-79-94-54-108(129-76-91-48-102(123-70-85-34-18-6-19-35-85)61-103(49-91)124-71-86-36-20-7-21-37-86)64-109(55-94)130-77-92-50-104(125-72-87-38-22-8-23-39-87)62-105(51-92)126-73-88-40-24-9-25-41-88/h2-57,59-65,96-97H,58,66-80H2,1H3. The van der Waals surface area contributed by atoms with Crippen molar-refractivity contribution in [1.29, 1.82) is 0 Å². The van der Waals surface area contributed by atoms with E-state index >= 15 is 0 Å². The Bertz CT molecular complexity index is 5490. The molecule has 0 saturated carbocycles. The molecule has 0 aromatic heterocycles. The van der Waals surface area contributed by atoms with E-state index in [1.807, 2.05) is 364 Å². The van der Waals surface area contributed by atoms with Gasteiger partial charge in [-0.25, -0.2) is 9.59 Å². The van der Waals surface area contributed by atoms with Gasteiger partial charge in [-0.1, -0.05) is 255 Å². The first kappa shape index (κ1) is 88.9. The molecule has 2 bridgehead atoms. The van der Waals surface area contributed by atoms with Gasteiger partial charge in [0.25, 0.3) is 0 Å². The largest absolute Gasteiger partial charge is 0.489 e. The van der Waals surface area contributed by atoms with Crippen molar-refractivity contribution in [3.05, 3.63) is 477 Å². The molecule has 0 fully saturated rings. The quantitative estimate of drug-likeness (QED) is 0.0259. The van der Waals surface area contributed by atoms with Gasteiger partial charge >= 0.3 is 11.9 Å². The summed E-state index contributed by atoms with van der Waals surface area (Å²) in [5.41, 5.74) is 13.7. The highest BCUT2D eigenvalue weighted by molar-refractivity contribution is 6.03. The lowest BCUT2D eigenvalue weighted by Crippen LogP contribution is -2.18. The molecule has 0 spiro atoms. The highest BCUT2D eigenvalue weighted by Gasteiger charge is 2.43. The van der Waals surface area contributed by atoms with Crippen LogP contribution in [0.3, 0.4) is 0 Å². The van der Waals surface area contributed by atoms with Gasteiger partial charge in [0, 0.05) is 54.3 Å². The molecule has 0 aliphatic heterocycles. The fraction of sp³-hybridized carbons (Fsp3) is 0.165. The van der Waals surface area contributed by atoms with Crippen molar-refractivity contribution in [2.24, 2.45) is 11.8 Å². The molecule has 668 valence electrons. The minimum atomic E-state index is -0.630. The summed E-state index contributed by atoms with van der Waals surface area (Å²) in [6.07, 6.45) is 4.46. The van der Waals surface area contributed by atoms with Crippen LogP contribution in [-0.4, -0.2) is 19.0 Å². The Morgan fingerprint density at radius 3 is 0.489 bits per heavy atom. The summed E-state index contributed by atoms with van der Waals surface area (Å²) in [7, 11) is 1.31. The average molecular weight is 1770 g/mol. The molecule has 17 rings (SSSR count). The van der Waals surface area contributed by atoms with Crippen LogP contribution in [-0.2, 0) is 118 Å². The van der Waals surface area contributed by atoms with Crippen LogP contribution in [0.2, 0.25) is 0 Å². The van der Waals surface area contributed by atoms with Gasteiger partial charge in [-0.3, -0.25) is 0 Å². The number of benzene rings is 15. The first-order valence-corrected chi connectivity index (χ1v) is 44.3. The fourth-order valence-corrected chi connectivity index (χ4v) is 15.5. The molecule has 0 saturated heterocycles. The number of esters is 2. The van der Waals surface area contributed by atoms with Crippen LogP contribution in [0.1, 0.15) is 89.9 Å². The number of ether oxygens (including phenoxy) is 16. The number of carbonyl (C=O) groups is 2. The van der Waals surface area contributed by atoms with Crippen molar-refractivity contribution in [3.8, 4) is 80.5 Å². The number of fused-ring (bicyclic) bond motifs is 2. The molecule has 133 heavy (non-hydrogen) atoms. The van der Waals surface area contributed by atoms with Gasteiger partial charge in [0.1, 0.15) is 180 Å². The van der Waals surface area contributed by atoms with Gasteiger partial charge in [-0.2, -0.15) is 0 Å². The Balaban J connectivity index is 0.685. The van der Waals surface area contributed by atoms with Crippen molar-refractivity contribution >= 4 is 11.9 Å². The molecular weight excluding hydrogens is 1670 g/mol. The number of methoxy groups -OCH3 is 1. The van der Waals surface area contributed by atoms with E-state index in [2.05, 4.69) is 0 Å². The van der Waals surface area contributed by atoms with E-state index < -0.39 is 11.9 Å². The molecule has 2 atom stereocenters. The van der Waals surface area contributed by atoms with E-state index in [4.69, 9.17) is 75.8 Å². The number of rotatable bonds is 46. The first-order chi connectivity index (χ1) is 65.5. The Morgan fingerprint density at radius 1 is 0.188 bits per heavy atom. The first-order valence-electron chi connectivity index (χ1n) is 44.3. The van der Waals surface area contributed by atoms with Gasteiger partial charge in [-0.05, 0) is 175 Å². The van der Waals surface area contributed by atoms with Crippen molar-refractivity contribution in [1.82, 2.24) is 0 Å². The second-order valence-corrected chi connectivity index (χ2v) is 32.3. The van der Waals surface area contributed by atoms with E-state index in [-0.39, 0.29) is 63.7 Å². The summed E-state index contributed by atoms with van der Waals surface area (Å²) in [5, 5.41) is 0. The molecule has 0 radical (unpaired) electrons. The molecule has 15 aromatic rings. The molecule has 2 aliphatic rings. The van der Waals surface area contributed by atoms with Crippen LogP contribution in [0.15, 0.2) is 393 Å². The van der Waals surface area contributed by atoms with Crippen molar-refractivity contribution in [3.63, 3.8) is 0 Å². The van der Waals surface area contributed by atoms with Crippen LogP contribution in [0.25, 0.3) is 0 Å². The lowest BCUT2D eigenvalue weighted by molar-refractivity contribution is -0.142. The monoisotopic (exact) mass is 1770 g/mol. The summed E-state index contributed by atoms with van der Waals surface area (Å²) < 4.78 is 104. The highest BCUT2D eigenvalue weighted by atomic mass is 16.5. The fourth-order valence-electron chi connectivity index (χ4n) is 15.5. The van der Waals surface area contributed by atoms with Gasteiger partial charge in [0.05, 0.1) is 18.3 Å². The number of allylic oxidation sites excluding steroid dienone is 2. The molecule has 18 nitrogen and oxygen atoms in total. The molecule has 15 aromatic carbocycles. The van der Waals surface area contributed by atoms with E-state index in [0.29, 0.717) is 162 Å². The summed E-state index contributed by atoms with van der Waals surface area (Å²) >= 11 is 0. The van der Waals surface area contributed by atoms with Gasteiger partial charge in [0.2, 0.25) is 0 Å². The second-order valence-electron chi connectivity index (χ2n) is 32.3.